The second-order valence-corrected chi connectivity index (χ2v) is 4.57. The van der Waals surface area contributed by atoms with Crippen LogP contribution in [0.25, 0.3) is 0 Å². The highest BCUT2D eigenvalue weighted by atomic mass is 16.2. The summed E-state index contributed by atoms with van der Waals surface area (Å²) in [5.41, 5.74) is 7.22. The summed E-state index contributed by atoms with van der Waals surface area (Å²) in [6, 6.07) is 0. The molecule has 0 atom stereocenters. The fourth-order valence-electron chi connectivity index (χ4n) is 1.73. The SMILES string of the molecule is CCCNC(=O)CCNC(=O)c1n[nH]c(CCC)c1N. The lowest BCUT2D eigenvalue weighted by molar-refractivity contribution is -0.120. The fraction of sp³-hybridized carbons (Fsp3) is 0.615. The van der Waals surface area contributed by atoms with Crippen LogP contribution in [0.15, 0.2) is 0 Å². The van der Waals surface area contributed by atoms with Crippen LogP contribution in [0, 0.1) is 0 Å². The summed E-state index contributed by atoms with van der Waals surface area (Å²) in [5.74, 6) is -0.432. The highest BCUT2D eigenvalue weighted by Crippen LogP contribution is 2.15. The molecule has 2 amide bonds. The Morgan fingerprint density at radius 2 is 1.95 bits per heavy atom. The first-order chi connectivity index (χ1) is 9.60. The van der Waals surface area contributed by atoms with Gasteiger partial charge in [-0.15, -0.1) is 0 Å². The van der Waals surface area contributed by atoms with Gasteiger partial charge in [-0.25, -0.2) is 0 Å². The minimum atomic E-state index is -0.357. The summed E-state index contributed by atoms with van der Waals surface area (Å²) >= 11 is 0. The fourth-order valence-corrected chi connectivity index (χ4v) is 1.73. The molecule has 1 aromatic rings. The lowest BCUT2D eigenvalue weighted by Crippen LogP contribution is -2.31. The molecule has 0 aliphatic heterocycles. The van der Waals surface area contributed by atoms with Crippen LogP contribution in [0.2, 0.25) is 0 Å². The Hall–Kier alpha value is -2.05. The number of aromatic amines is 1. The number of rotatable bonds is 8. The molecule has 0 saturated carbocycles. The summed E-state index contributed by atoms with van der Waals surface area (Å²) in [6.07, 6.45) is 2.82. The summed E-state index contributed by atoms with van der Waals surface area (Å²) in [7, 11) is 0. The number of carbonyl (C=O) groups is 2. The summed E-state index contributed by atoms with van der Waals surface area (Å²) in [4.78, 5) is 23.2. The quantitative estimate of drug-likeness (QED) is 0.558. The van der Waals surface area contributed by atoms with E-state index in [9.17, 15) is 9.59 Å². The number of aromatic nitrogens is 2. The van der Waals surface area contributed by atoms with Gasteiger partial charge in [-0.3, -0.25) is 14.7 Å². The highest BCUT2D eigenvalue weighted by molar-refractivity contribution is 5.97. The van der Waals surface area contributed by atoms with E-state index in [1.165, 1.54) is 0 Å². The lowest BCUT2D eigenvalue weighted by atomic mass is 10.2. The van der Waals surface area contributed by atoms with E-state index in [4.69, 9.17) is 5.73 Å². The third-order valence-electron chi connectivity index (χ3n) is 2.81. The van der Waals surface area contributed by atoms with Gasteiger partial charge in [-0.2, -0.15) is 5.10 Å². The van der Waals surface area contributed by atoms with E-state index in [1.807, 2.05) is 13.8 Å². The number of amides is 2. The van der Waals surface area contributed by atoms with Crippen molar-refractivity contribution < 1.29 is 9.59 Å². The van der Waals surface area contributed by atoms with E-state index in [0.717, 1.165) is 25.0 Å². The zero-order valence-corrected chi connectivity index (χ0v) is 12.1. The Morgan fingerprint density at radius 3 is 2.60 bits per heavy atom. The molecule has 5 N–H and O–H groups in total. The molecule has 0 aliphatic carbocycles. The van der Waals surface area contributed by atoms with Crippen molar-refractivity contribution in [1.29, 1.82) is 0 Å². The predicted octanol–water partition coefficient (Wildman–Crippen LogP) is 0.591. The number of nitrogens with zero attached hydrogens (tertiary/aromatic N) is 1. The number of nitrogen functional groups attached to an aromatic ring is 1. The van der Waals surface area contributed by atoms with Crippen LogP contribution >= 0.6 is 0 Å². The number of hydrogen-bond acceptors (Lipinski definition) is 4. The van der Waals surface area contributed by atoms with E-state index in [-0.39, 0.29) is 30.5 Å². The van der Waals surface area contributed by atoms with Gasteiger partial charge in [0, 0.05) is 19.5 Å². The van der Waals surface area contributed by atoms with Crippen LogP contribution in [0.1, 0.15) is 49.3 Å². The molecule has 7 nitrogen and oxygen atoms in total. The third kappa shape index (κ3) is 4.56. The van der Waals surface area contributed by atoms with Crippen molar-refractivity contribution in [1.82, 2.24) is 20.8 Å². The van der Waals surface area contributed by atoms with Crippen LogP contribution in [0.5, 0.6) is 0 Å². The average Bonchev–Trinajstić information content (AvgIpc) is 2.78. The topological polar surface area (TPSA) is 113 Å². The summed E-state index contributed by atoms with van der Waals surface area (Å²) < 4.78 is 0. The van der Waals surface area contributed by atoms with Crippen molar-refractivity contribution in [2.24, 2.45) is 0 Å². The van der Waals surface area contributed by atoms with Gasteiger partial charge in [0.2, 0.25) is 5.91 Å². The van der Waals surface area contributed by atoms with Gasteiger partial charge in [0.1, 0.15) is 0 Å². The zero-order chi connectivity index (χ0) is 15.0. The predicted molar refractivity (Wildman–Crippen MR) is 77.2 cm³/mol. The number of carbonyl (C=O) groups excluding carboxylic acids is 2. The van der Waals surface area contributed by atoms with Gasteiger partial charge in [-0.05, 0) is 12.8 Å². The number of hydrogen-bond donors (Lipinski definition) is 4. The maximum atomic E-state index is 11.9. The molecule has 20 heavy (non-hydrogen) atoms. The van der Waals surface area contributed by atoms with Gasteiger partial charge in [0.25, 0.3) is 5.91 Å². The molecule has 1 heterocycles. The standard InChI is InChI=1S/C13H23N5O2/c1-3-5-9-11(14)12(18-17-9)13(20)16-8-6-10(19)15-7-4-2/h3-8,14H2,1-2H3,(H,15,19)(H,16,20)(H,17,18). The van der Waals surface area contributed by atoms with Crippen LogP contribution < -0.4 is 16.4 Å². The molecule has 0 unspecified atom stereocenters. The van der Waals surface area contributed by atoms with Crippen molar-refractivity contribution in [3.05, 3.63) is 11.4 Å². The molecular weight excluding hydrogens is 258 g/mol. The van der Waals surface area contributed by atoms with Crippen LogP contribution in [0.4, 0.5) is 5.69 Å². The van der Waals surface area contributed by atoms with E-state index < -0.39 is 0 Å². The average molecular weight is 281 g/mol. The minimum absolute atomic E-state index is 0.0752. The molecule has 0 bridgehead atoms. The number of nitrogens with one attached hydrogen (secondary N) is 3. The highest BCUT2D eigenvalue weighted by Gasteiger charge is 2.16. The Labute approximate surface area is 118 Å². The molecule has 112 valence electrons. The first-order valence-electron chi connectivity index (χ1n) is 6.97. The third-order valence-corrected chi connectivity index (χ3v) is 2.81. The second kappa shape index (κ2) is 8.19. The van der Waals surface area contributed by atoms with Gasteiger partial charge < -0.3 is 16.4 Å². The minimum Gasteiger partial charge on any atom is -0.395 e. The molecule has 1 rings (SSSR count). The maximum absolute atomic E-state index is 11.9. The molecule has 0 aliphatic rings. The van der Waals surface area contributed by atoms with E-state index >= 15 is 0 Å². The number of aryl methyl sites for hydroxylation is 1. The van der Waals surface area contributed by atoms with Crippen molar-refractivity contribution in [2.45, 2.75) is 39.5 Å². The molecule has 0 fully saturated rings. The Kier molecular flexibility index (Phi) is 6.55. The zero-order valence-electron chi connectivity index (χ0n) is 12.1. The molecule has 0 aromatic carbocycles. The van der Waals surface area contributed by atoms with E-state index in [0.29, 0.717) is 12.2 Å². The van der Waals surface area contributed by atoms with Gasteiger partial charge in [0.15, 0.2) is 5.69 Å². The van der Waals surface area contributed by atoms with E-state index in [1.54, 1.807) is 0 Å². The monoisotopic (exact) mass is 281 g/mol. The second-order valence-electron chi connectivity index (χ2n) is 4.57. The summed E-state index contributed by atoms with van der Waals surface area (Å²) in [5, 5.41) is 12.1. The summed E-state index contributed by atoms with van der Waals surface area (Å²) in [6.45, 7) is 4.93. The van der Waals surface area contributed by atoms with Crippen molar-refractivity contribution in [3.63, 3.8) is 0 Å². The first-order valence-corrected chi connectivity index (χ1v) is 6.97. The first kappa shape index (κ1) is 16.0. The molecule has 7 heteroatoms. The van der Waals surface area contributed by atoms with Gasteiger partial charge >= 0.3 is 0 Å². The van der Waals surface area contributed by atoms with Gasteiger partial charge in [-0.1, -0.05) is 20.3 Å². The largest absolute Gasteiger partial charge is 0.395 e. The molecule has 0 spiro atoms. The Bertz CT molecular complexity index is 456. The smallest absolute Gasteiger partial charge is 0.273 e. The van der Waals surface area contributed by atoms with Crippen molar-refractivity contribution in [3.8, 4) is 0 Å². The molecule has 0 saturated heterocycles. The maximum Gasteiger partial charge on any atom is 0.273 e. The van der Waals surface area contributed by atoms with Crippen molar-refractivity contribution >= 4 is 17.5 Å². The Morgan fingerprint density at radius 1 is 1.20 bits per heavy atom. The molecular formula is C13H23N5O2. The van der Waals surface area contributed by atoms with Gasteiger partial charge in [0.05, 0.1) is 11.4 Å². The Balaban J connectivity index is 2.41. The number of H-pyrrole nitrogens is 1. The number of anilines is 1. The molecule has 1 aromatic heterocycles. The van der Waals surface area contributed by atoms with Crippen LogP contribution in [-0.4, -0.2) is 35.1 Å². The van der Waals surface area contributed by atoms with Crippen LogP contribution in [-0.2, 0) is 11.2 Å². The van der Waals surface area contributed by atoms with Crippen molar-refractivity contribution in [2.75, 3.05) is 18.8 Å². The molecule has 0 radical (unpaired) electrons. The van der Waals surface area contributed by atoms with Crippen LogP contribution in [0.3, 0.4) is 0 Å². The lowest BCUT2D eigenvalue weighted by Gasteiger charge is -2.05. The normalized spacial score (nSPS) is 10.3. The number of nitrogens with two attached hydrogens (primary N) is 1. The van der Waals surface area contributed by atoms with E-state index in [2.05, 4.69) is 20.8 Å².